The number of hydrogen-bond donors (Lipinski definition) is 4. The van der Waals surface area contributed by atoms with E-state index in [1.54, 1.807) is 18.2 Å². The minimum Gasteiger partial charge on any atom is -0.508 e. The zero-order valence-corrected chi connectivity index (χ0v) is 18.3. The molecule has 7 nitrogen and oxygen atoms in total. The van der Waals surface area contributed by atoms with E-state index in [-0.39, 0.29) is 66.0 Å². The van der Waals surface area contributed by atoms with Gasteiger partial charge < -0.3 is 25.8 Å². The van der Waals surface area contributed by atoms with Gasteiger partial charge in [0.25, 0.3) is 0 Å². The lowest BCUT2D eigenvalue weighted by atomic mass is 10.2. The summed E-state index contributed by atoms with van der Waals surface area (Å²) in [5.74, 6) is -0.348. The topological polar surface area (TPSA) is 95.0 Å². The van der Waals surface area contributed by atoms with Gasteiger partial charge in [0.15, 0.2) is 5.96 Å². The van der Waals surface area contributed by atoms with Gasteiger partial charge in [-0.25, -0.2) is 4.99 Å². The van der Waals surface area contributed by atoms with E-state index >= 15 is 0 Å². The second-order valence-electron chi connectivity index (χ2n) is 5.80. The summed E-state index contributed by atoms with van der Waals surface area (Å²) in [5.41, 5.74) is 0.755. The lowest BCUT2D eigenvalue weighted by Crippen LogP contribution is -2.41. The summed E-state index contributed by atoms with van der Waals surface area (Å²) in [7, 11) is 0. The van der Waals surface area contributed by atoms with Crippen LogP contribution in [0.4, 0.5) is 18.9 Å². The number of amides is 1. The summed E-state index contributed by atoms with van der Waals surface area (Å²) in [5, 5.41) is 17.6. The van der Waals surface area contributed by atoms with Gasteiger partial charge >= 0.3 is 6.36 Å². The quantitative estimate of drug-likeness (QED) is 0.187. The van der Waals surface area contributed by atoms with Gasteiger partial charge in [-0.15, -0.1) is 37.1 Å². The van der Waals surface area contributed by atoms with Gasteiger partial charge in [0.1, 0.15) is 11.5 Å². The van der Waals surface area contributed by atoms with Crippen LogP contribution in [0.3, 0.4) is 0 Å². The number of nitrogens with zero attached hydrogens (tertiary/aromatic N) is 1. The minimum absolute atomic E-state index is 0. The van der Waals surface area contributed by atoms with Crippen molar-refractivity contribution in [3.05, 3.63) is 54.1 Å². The van der Waals surface area contributed by atoms with E-state index in [1.165, 1.54) is 30.3 Å². The van der Waals surface area contributed by atoms with E-state index in [0.717, 1.165) is 0 Å². The highest BCUT2D eigenvalue weighted by molar-refractivity contribution is 14.0. The molecule has 1 amide bonds. The Kier molecular flexibility index (Phi) is 10.2. The third-order valence-corrected chi connectivity index (χ3v) is 3.52. The molecule has 0 saturated heterocycles. The van der Waals surface area contributed by atoms with Crippen molar-refractivity contribution in [3.8, 4) is 11.5 Å². The zero-order chi connectivity index (χ0) is 21.3. The number of aromatic hydroxyl groups is 1. The molecule has 0 aromatic heterocycles. The number of hydrogen-bond acceptors (Lipinski definition) is 4. The molecule has 0 aliphatic carbocycles. The Morgan fingerprint density at radius 2 is 1.77 bits per heavy atom. The summed E-state index contributed by atoms with van der Waals surface area (Å²) in [6, 6.07) is 11.7. The molecular formula is C19H22F3IN4O3. The Hall–Kier alpha value is -2.70. The van der Waals surface area contributed by atoms with Crippen LogP contribution < -0.4 is 20.7 Å². The maximum Gasteiger partial charge on any atom is 0.573 e. The van der Waals surface area contributed by atoms with Crippen molar-refractivity contribution < 1.29 is 27.8 Å². The highest BCUT2D eigenvalue weighted by atomic mass is 127. The fourth-order valence-electron chi connectivity index (χ4n) is 2.28. The Morgan fingerprint density at radius 3 is 2.40 bits per heavy atom. The number of phenolic OH excluding ortho intramolecular Hbond substituents is 1. The third kappa shape index (κ3) is 9.20. The van der Waals surface area contributed by atoms with Crippen LogP contribution in [0, 0.1) is 0 Å². The van der Waals surface area contributed by atoms with Gasteiger partial charge in [0, 0.05) is 17.8 Å². The van der Waals surface area contributed by atoms with Crippen LogP contribution in [0.25, 0.3) is 0 Å². The highest BCUT2D eigenvalue weighted by Crippen LogP contribution is 2.26. The summed E-state index contributed by atoms with van der Waals surface area (Å²) in [6.45, 7) is 2.11. The fraction of sp³-hybridized carbons (Fsp3) is 0.263. The predicted octanol–water partition coefficient (Wildman–Crippen LogP) is 3.60. The first-order valence-corrected chi connectivity index (χ1v) is 8.71. The van der Waals surface area contributed by atoms with E-state index in [2.05, 4.69) is 25.7 Å². The third-order valence-electron chi connectivity index (χ3n) is 3.52. The molecule has 0 saturated carbocycles. The predicted molar refractivity (Wildman–Crippen MR) is 118 cm³/mol. The number of ether oxygens (including phenoxy) is 1. The number of carbonyl (C=O) groups is 1. The molecule has 2 aromatic rings. The van der Waals surface area contributed by atoms with Crippen molar-refractivity contribution in [1.82, 2.24) is 10.6 Å². The van der Waals surface area contributed by atoms with Gasteiger partial charge in [-0.3, -0.25) is 4.79 Å². The van der Waals surface area contributed by atoms with Crippen LogP contribution in [-0.4, -0.2) is 36.4 Å². The first-order valence-electron chi connectivity index (χ1n) is 8.71. The molecule has 11 heteroatoms. The van der Waals surface area contributed by atoms with Crippen LogP contribution in [0.5, 0.6) is 11.5 Å². The Morgan fingerprint density at radius 1 is 1.10 bits per heavy atom. The maximum absolute atomic E-state index is 12.5. The van der Waals surface area contributed by atoms with Crippen LogP contribution in [0.2, 0.25) is 0 Å². The van der Waals surface area contributed by atoms with Crippen LogP contribution in [-0.2, 0) is 11.3 Å². The van der Waals surface area contributed by atoms with Crippen molar-refractivity contribution in [3.63, 3.8) is 0 Å². The molecule has 164 valence electrons. The SMILES string of the molecule is CCNC(=NCc1ccccc1OC(F)(F)F)NCC(=O)Nc1ccc(O)cc1.I. The maximum atomic E-state index is 12.5. The van der Waals surface area contributed by atoms with Gasteiger partial charge in [-0.1, -0.05) is 18.2 Å². The molecule has 0 aliphatic heterocycles. The molecule has 0 unspecified atom stereocenters. The molecule has 2 aromatic carbocycles. The van der Waals surface area contributed by atoms with E-state index in [1.807, 2.05) is 6.92 Å². The number of halogens is 4. The molecule has 2 rings (SSSR count). The number of para-hydroxylation sites is 1. The van der Waals surface area contributed by atoms with Gasteiger partial charge in [-0.05, 0) is 37.3 Å². The normalized spacial score (nSPS) is 11.3. The molecule has 0 radical (unpaired) electrons. The second-order valence-corrected chi connectivity index (χ2v) is 5.80. The van der Waals surface area contributed by atoms with Crippen molar-refractivity contribution in [2.24, 2.45) is 4.99 Å². The smallest absolute Gasteiger partial charge is 0.508 e. The first kappa shape index (κ1) is 25.3. The first-order chi connectivity index (χ1) is 13.8. The van der Waals surface area contributed by atoms with E-state index < -0.39 is 6.36 Å². The number of carbonyl (C=O) groups excluding carboxylic acids is 1. The van der Waals surface area contributed by atoms with Crippen molar-refractivity contribution in [2.45, 2.75) is 19.8 Å². The summed E-state index contributed by atoms with van der Waals surface area (Å²) in [6.07, 6.45) is -4.80. The molecule has 0 heterocycles. The van der Waals surface area contributed by atoms with Crippen molar-refractivity contribution in [2.75, 3.05) is 18.4 Å². The van der Waals surface area contributed by atoms with Crippen LogP contribution >= 0.6 is 24.0 Å². The van der Waals surface area contributed by atoms with Crippen molar-refractivity contribution in [1.29, 1.82) is 0 Å². The molecule has 0 spiro atoms. The molecule has 0 bridgehead atoms. The van der Waals surface area contributed by atoms with Gasteiger partial charge in [0.05, 0.1) is 13.1 Å². The molecule has 4 N–H and O–H groups in total. The summed E-state index contributed by atoms with van der Waals surface area (Å²) < 4.78 is 41.5. The van der Waals surface area contributed by atoms with E-state index in [0.29, 0.717) is 12.2 Å². The Labute approximate surface area is 188 Å². The summed E-state index contributed by atoms with van der Waals surface area (Å²) >= 11 is 0. The van der Waals surface area contributed by atoms with Crippen molar-refractivity contribution >= 4 is 41.5 Å². The largest absolute Gasteiger partial charge is 0.573 e. The Balaban J connectivity index is 0.00000450. The molecule has 0 atom stereocenters. The van der Waals surface area contributed by atoms with Crippen LogP contribution in [0.15, 0.2) is 53.5 Å². The molecule has 0 fully saturated rings. The number of guanidine groups is 1. The van der Waals surface area contributed by atoms with E-state index in [9.17, 15) is 23.1 Å². The zero-order valence-electron chi connectivity index (χ0n) is 16.0. The monoisotopic (exact) mass is 538 g/mol. The number of alkyl halides is 3. The second kappa shape index (κ2) is 12.1. The molecule has 0 aliphatic rings. The lowest BCUT2D eigenvalue weighted by Gasteiger charge is -2.14. The van der Waals surface area contributed by atoms with Gasteiger partial charge in [0.2, 0.25) is 5.91 Å². The van der Waals surface area contributed by atoms with Gasteiger partial charge in [-0.2, -0.15) is 0 Å². The minimum atomic E-state index is -4.80. The number of aliphatic imine (C=N–C) groups is 1. The average Bonchev–Trinajstić information content (AvgIpc) is 2.66. The number of anilines is 1. The average molecular weight is 538 g/mol. The lowest BCUT2D eigenvalue weighted by molar-refractivity contribution is -0.274. The molecule has 30 heavy (non-hydrogen) atoms. The number of rotatable bonds is 7. The Bertz CT molecular complexity index is 846. The fourth-order valence-corrected chi connectivity index (χ4v) is 2.28. The van der Waals surface area contributed by atoms with Crippen LogP contribution in [0.1, 0.15) is 12.5 Å². The summed E-state index contributed by atoms with van der Waals surface area (Å²) in [4.78, 5) is 16.2. The standard InChI is InChI=1S/C19H21F3N4O3.HI/c1-2-23-18(25-12-17(28)26-14-7-9-15(27)10-8-14)24-11-13-5-3-4-6-16(13)29-19(20,21)22;/h3-10,27H,2,11-12H2,1H3,(H,26,28)(H2,23,24,25);1H. The highest BCUT2D eigenvalue weighted by Gasteiger charge is 2.31. The van der Waals surface area contributed by atoms with E-state index in [4.69, 9.17) is 0 Å². The number of phenols is 1. The molecular weight excluding hydrogens is 516 g/mol. The number of benzene rings is 2. The number of nitrogens with one attached hydrogen (secondary N) is 3.